The predicted octanol–water partition coefficient (Wildman–Crippen LogP) is 2.20. The van der Waals surface area contributed by atoms with E-state index in [2.05, 4.69) is 53.8 Å². The smallest absolute Gasteiger partial charge is 0.229 e. The first kappa shape index (κ1) is 35.1. The average Bonchev–Trinajstić information content (AvgIpc) is 3.76. The third kappa shape index (κ3) is 7.71. The van der Waals surface area contributed by atoms with Crippen LogP contribution in [0.15, 0.2) is 30.9 Å². The van der Waals surface area contributed by atoms with E-state index < -0.39 is 30.0 Å². The van der Waals surface area contributed by atoms with Gasteiger partial charge in [0.25, 0.3) is 0 Å². The van der Waals surface area contributed by atoms with Crippen LogP contribution in [-0.2, 0) is 16.1 Å². The van der Waals surface area contributed by atoms with Gasteiger partial charge >= 0.3 is 0 Å². The number of imidazole rings is 2. The van der Waals surface area contributed by atoms with Gasteiger partial charge in [-0.25, -0.2) is 19.9 Å². The summed E-state index contributed by atoms with van der Waals surface area (Å²) in [5, 5.41) is 25.3. The fraction of sp³-hybridized carbons (Fsp3) is 0.618. The molecule has 0 spiro atoms. The van der Waals surface area contributed by atoms with Crippen molar-refractivity contribution >= 4 is 39.6 Å². The van der Waals surface area contributed by atoms with Crippen molar-refractivity contribution in [2.75, 3.05) is 56.9 Å². The van der Waals surface area contributed by atoms with Crippen LogP contribution in [0.5, 0.6) is 0 Å². The molecule has 0 unspecified atom stereocenters. The minimum atomic E-state index is -1.15. The van der Waals surface area contributed by atoms with Gasteiger partial charge in [0, 0.05) is 49.9 Å². The number of carbonyl (C=O) groups excluding carboxylic acids is 1. The van der Waals surface area contributed by atoms with Crippen LogP contribution in [0.2, 0.25) is 0 Å². The van der Waals surface area contributed by atoms with Gasteiger partial charge in [-0.15, -0.1) is 0 Å². The number of likely N-dealkylation sites (N-methyl/N-ethyl adjacent to an activating group) is 1. The first-order valence-electron chi connectivity index (χ1n) is 17.4. The van der Waals surface area contributed by atoms with Crippen molar-refractivity contribution in [1.82, 2.24) is 44.2 Å². The number of carbonyl (C=O) groups is 1. The van der Waals surface area contributed by atoms with Gasteiger partial charge in [0.2, 0.25) is 5.91 Å². The number of anilines is 2. The number of aromatic nitrogens is 6. The highest BCUT2D eigenvalue weighted by molar-refractivity contribution is 5.96. The van der Waals surface area contributed by atoms with Crippen molar-refractivity contribution in [3.05, 3.63) is 36.7 Å². The Morgan fingerprint density at radius 1 is 1.10 bits per heavy atom. The zero-order valence-electron chi connectivity index (χ0n) is 29.2. The number of piperidine rings is 1. The van der Waals surface area contributed by atoms with E-state index in [4.69, 9.17) is 15.5 Å². The fourth-order valence-corrected chi connectivity index (χ4v) is 6.82. The molecular formula is C34H51N11O4. The molecule has 6 rings (SSSR count). The van der Waals surface area contributed by atoms with E-state index >= 15 is 0 Å². The van der Waals surface area contributed by atoms with Crippen LogP contribution in [0.25, 0.3) is 22.2 Å². The largest absolute Gasteiger partial charge is 0.387 e. The van der Waals surface area contributed by atoms with Gasteiger partial charge < -0.3 is 35.9 Å². The lowest BCUT2D eigenvalue weighted by atomic mass is 9.95. The molecule has 15 nitrogen and oxygen atoms in total. The number of amides is 1. The molecule has 266 valence electrons. The van der Waals surface area contributed by atoms with E-state index in [0.29, 0.717) is 30.3 Å². The minimum Gasteiger partial charge on any atom is -0.387 e. The molecule has 5 heterocycles. The lowest BCUT2D eigenvalue weighted by Gasteiger charge is -2.40. The number of nitrogens with zero attached hydrogens (tertiary/aromatic N) is 8. The molecule has 6 N–H and O–H groups in total. The molecule has 2 fully saturated rings. The monoisotopic (exact) mass is 677 g/mol. The number of fused-ring (bicyclic) bond motifs is 2. The maximum absolute atomic E-state index is 12.5. The van der Waals surface area contributed by atoms with Crippen molar-refractivity contribution in [2.24, 2.45) is 5.41 Å². The van der Waals surface area contributed by atoms with Crippen LogP contribution in [0, 0.1) is 5.41 Å². The molecule has 15 heteroatoms. The maximum Gasteiger partial charge on any atom is 0.229 e. The molecule has 2 aliphatic heterocycles. The van der Waals surface area contributed by atoms with Gasteiger partial charge in [-0.3, -0.25) is 19.2 Å². The number of aromatic amines is 1. The molecule has 4 atom stereocenters. The molecule has 0 saturated carbocycles. The van der Waals surface area contributed by atoms with E-state index in [-0.39, 0.29) is 11.7 Å². The number of aliphatic hydroxyl groups excluding tert-OH is 2. The Morgan fingerprint density at radius 2 is 1.86 bits per heavy atom. The Morgan fingerprint density at radius 3 is 2.57 bits per heavy atom. The molecular weight excluding hydrogens is 626 g/mol. The number of rotatable bonds is 12. The lowest BCUT2D eigenvalue weighted by molar-refractivity contribution is -0.123. The lowest BCUT2D eigenvalue weighted by Crippen LogP contribution is -2.51. The number of nitrogen functional groups attached to an aromatic ring is 1. The van der Waals surface area contributed by atoms with Crippen molar-refractivity contribution < 1.29 is 19.7 Å². The number of H-pyrrole nitrogens is 1. The molecule has 3 aromatic heterocycles. The Hall–Kier alpha value is -3.73. The van der Waals surface area contributed by atoms with Crippen LogP contribution >= 0.6 is 0 Å². The van der Waals surface area contributed by atoms with Gasteiger partial charge in [0.1, 0.15) is 36.0 Å². The van der Waals surface area contributed by atoms with Gasteiger partial charge in [-0.1, -0.05) is 34.6 Å². The molecule has 4 aromatic rings. The number of aliphatic hydroxyl groups is 2. The Balaban J connectivity index is 1.10. The summed E-state index contributed by atoms with van der Waals surface area (Å²) in [6.07, 6.45) is 1.12. The van der Waals surface area contributed by atoms with E-state index in [9.17, 15) is 15.0 Å². The summed E-state index contributed by atoms with van der Waals surface area (Å²) in [5.41, 5.74) is 8.90. The maximum atomic E-state index is 12.5. The van der Waals surface area contributed by atoms with Crippen LogP contribution in [-0.4, -0.2) is 130 Å². The summed E-state index contributed by atoms with van der Waals surface area (Å²) >= 11 is 0. The predicted molar refractivity (Wildman–Crippen MR) is 187 cm³/mol. The molecule has 49 heavy (non-hydrogen) atoms. The number of nitrogens with one attached hydrogen (secondary N) is 2. The molecule has 2 saturated heterocycles. The second-order valence-corrected chi connectivity index (χ2v) is 14.3. The number of likely N-dealkylation sites (tertiary alicyclic amines) is 1. The fourth-order valence-electron chi connectivity index (χ4n) is 6.82. The van der Waals surface area contributed by atoms with Gasteiger partial charge in [0.15, 0.2) is 17.7 Å². The topological polar surface area (TPSA) is 187 Å². The third-order valence-electron chi connectivity index (χ3n) is 9.93. The van der Waals surface area contributed by atoms with Crippen LogP contribution < -0.4 is 11.1 Å². The SMILES string of the molecule is CCN(CC)CCN(C[C@H]1O[C@@H](n2cnc3c(N)ncnc32)[C@H](O)[C@@H]1O)C1CCN(Cc2nc3ccc(NC(=O)C(C)(C)C)cc3[nH]2)CC1. The minimum absolute atomic E-state index is 0.0295. The first-order valence-corrected chi connectivity index (χ1v) is 17.4. The number of benzene rings is 1. The molecule has 0 aliphatic carbocycles. The van der Waals surface area contributed by atoms with Crippen LogP contribution in [0.3, 0.4) is 0 Å². The molecule has 0 radical (unpaired) electrons. The van der Waals surface area contributed by atoms with Crippen molar-refractivity contribution in [3.8, 4) is 0 Å². The number of hydrogen-bond acceptors (Lipinski definition) is 12. The molecule has 1 amide bonds. The highest BCUT2D eigenvalue weighted by Crippen LogP contribution is 2.33. The Kier molecular flexibility index (Phi) is 10.5. The van der Waals surface area contributed by atoms with E-state index in [1.165, 1.54) is 12.7 Å². The van der Waals surface area contributed by atoms with E-state index in [1.54, 1.807) is 4.57 Å². The Bertz CT molecular complexity index is 1720. The first-order chi connectivity index (χ1) is 23.4. The molecule has 0 bridgehead atoms. The Labute approximate surface area is 286 Å². The van der Waals surface area contributed by atoms with E-state index in [1.807, 2.05) is 39.0 Å². The van der Waals surface area contributed by atoms with Crippen molar-refractivity contribution in [2.45, 2.75) is 84.6 Å². The number of ether oxygens (including phenoxy) is 1. The summed E-state index contributed by atoms with van der Waals surface area (Å²) in [4.78, 5) is 40.6. The zero-order chi connectivity index (χ0) is 34.9. The third-order valence-corrected chi connectivity index (χ3v) is 9.93. The standard InChI is InChI=1S/C34H51N11O4/c1-6-42(7-2)14-15-44(17-25-28(46)29(47)32(49-25)45-20-38-27-30(35)36-19-37-31(27)45)22-10-12-43(13-11-22)18-26-40-23-9-8-21(16-24(23)41-26)39-33(48)34(3,4)5/h8-9,16,19-20,22,25,28-29,32,46-47H,6-7,10-15,17-18H2,1-5H3,(H,39,48)(H,40,41)(H2,35,36,37)/t25-,28-,29-,32-/m1/s1. The second-order valence-electron chi connectivity index (χ2n) is 14.3. The molecule has 1 aromatic carbocycles. The summed E-state index contributed by atoms with van der Waals surface area (Å²) in [6, 6.07) is 6.07. The summed E-state index contributed by atoms with van der Waals surface area (Å²) in [7, 11) is 0. The number of nitrogens with two attached hydrogens (primary N) is 1. The van der Waals surface area contributed by atoms with Crippen molar-refractivity contribution in [3.63, 3.8) is 0 Å². The number of hydrogen-bond donors (Lipinski definition) is 5. The zero-order valence-corrected chi connectivity index (χ0v) is 29.2. The summed E-state index contributed by atoms with van der Waals surface area (Å²) < 4.78 is 7.98. The van der Waals surface area contributed by atoms with Gasteiger partial charge in [-0.2, -0.15) is 0 Å². The highest BCUT2D eigenvalue weighted by atomic mass is 16.6. The van der Waals surface area contributed by atoms with Crippen LogP contribution in [0.1, 0.15) is 59.5 Å². The summed E-state index contributed by atoms with van der Waals surface area (Å²) in [5.74, 6) is 1.11. The normalized spacial score (nSPS) is 22.6. The quantitative estimate of drug-likeness (QED) is 0.147. The van der Waals surface area contributed by atoms with Crippen LogP contribution in [0.4, 0.5) is 11.5 Å². The van der Waals surface area contributed by atoms with E-state index in [0.717, 1.165) is 74.7 Å². The van der Waals surface area contributed by atoms with Gasteiger partial charge in [-0.05, 0) is 44.1 Å². The average molecular weight is 678 g/mol. The van der Waals surface area contributed by atoms with Gasteiger partial charge in [0.05, 0.1) is 23.9 Å². The second kappa shape index (κ2) is 14.6. The highest BCUT2D eigenvalue weighted by Gasteiger charge is 2.45. The summed E-state index contributed by atoms with van der Waals surface area (Å²) in [6.45, 7) is 16.7. The molecule has 2 aliphatic rings. The van der Waals surface area contributed by atoms with Crippen molar-refractivity contribution in [1.29, 1.82) is 0 Å².